The molecule has 1 aliphatic heterocycles. The Morgan fingerprint density at radius 1 is 1.47 bits per heavy atom. The summed E-state index contributed by atoms with van der Waals surface area (Å²) in [6.45, 7) is 9.25. The highest BCUT2D eigenvalue weighted by atomic mass is 16.3. The van der Waals surface area contributed by atoms with E-state index in [1.165, 1.54) is 32.5 Å². The topological polar surface area (TPSA) is 28.4 Å². The number of nitrogens with one attached hydrogen (secondary N) is 1. The summed E-state index contributed by atoms with van der Waals surface area (Å²) in [7, 11) is 0. The molecule has 2 rings (SSSR count). The molecule has 0 aromatic carbocycles. The number of hydrogen-bond donors (Lipinski definition) is 1. The van der Waals surface area contributed by atoms with Crippen molar-refractivity contribution in [1.29, 1.82) is 0 Å². The van der Waals surface area contributed by atoms with Crippen molar-refractivity contribution < 1.29 is 4.42 Å². The summed E-state index contributed by atoms with van der Waals surface area (Å²) in [6, 6.07) is 4.32. The van der Waals surface area contributed by atoms with Gasteiger partial charge in [0.1, 0.15) is 5.76 Å². The molecule has 0 amide bonds. The molecule has 1 aromatic rings. The van der Waals surface area contributed by atoms with Gasteiger partial charge in [0.25, 0.3) is 0 Å². The standard InChI is InChI=1S/C14H24N2O/c1-3-16-8-6-13(7-9-16)11-15-12(2)14-5-4-10-17-14/h4-5,10,12-13,15H,3,6-9,11H2,1-2H3. The van der Waals surface area contributed by atoms with E-state index in [0.29, 0.717) is 6.04 Å². The zero-order valence-corrected chi connectivity index (χ0v) is 11.0. The first kappa shape index (κ1) is 12.7. The third-order valence-electron chi connectivity index (χ3n) is 3.84. The van der Waals surface area contributed by atoms with E-state index in [1.807, 2.05) is 12.1 Å². The number of rotatable bonds is 5. The third-order valence-corrected chi connectivity index (χ3v) is 3.84. The Morgan fingerprint density at radius 3 is 2.82 bits per heavy atom. The van der Waals surface area contributed by atoms with E-state index in [9.17, 15) is 0 Å². The van der Waals surface area contributed by atoms with Gasteiger partial charge >= 0.3 is 0 Å². The van der Waals surface area contributed by atoms with E-state index in [2.05, 4.69) is 24.1 Å². The highest BCUT2D eigenvalue weighted by molar-refractivity contribution is 5.02. The summed E-state index contributed by atoms with van der Waals surface area (Å²) in [4.78, 5) is 2.53. The van der Waals surface area contributed by atoms with Gasteiger partial charge in [0, 0.05) is 0 Å². The van der Waals surface area contributed by atoms with Crippen LogP contribution < -0.4 is 5.32 Å². The van der Waals surface area contributed by atoms with Crippen molar-refractivity contribution >= 4 is 0 Å². The molecule has 0 bridgehead atoms. The second-order valence-electron chi connectivity index (χ2n) is 5.02. The van der Waals surface area contributed by atoms with Crippen LogP contribution in [0.15, 0.2) is 22.8 Å². The number of nitrogens with zero attached hydrogens (tertiary/aromatic N) is 1. The molecule has 1 atom stereocenters. The normalized spacial score (nSPS) is 20.6. The van der Waals surface area contributed by atoms with Crippen LogP contribution in [0, 0.1) is 5.92 Å². The summed E-state index contributed by atoms with van der Waals surface area (Å²) in [6.07, 6.45) is 4.39. The Bertz CT molecular complexity index is 302. The van der Waals surface area contributed by atoms with Crippen LogP contribution in [0.5, 0.6) is 0 Å². The lowest BCUT2D eigenvalue weighted by atomic mass is 9.96. The number of hydrogen-bond acceptors (Lipinski definition) is 3. The van der Waals surface area contributed by atoms with Crippen LogP contribution in [0.3, 0.4) is 0 Å². The monoisotopic (exact) mass is 236 g/mol. The fraction of sp³-hybridized carbons (Fsp3) is 0.714. The van der Waals surface area contributed by atoms with E-state index in [1.54, 1.807) is 6.26 Å². The highest BCUT2D eigenvalue weighted by Gasteiger charge is 2.18. The minimum atomic E-state index is 0.328. The van der Waals surface area contributed by atoms with E-state index in [0.717, 1.165) is 18.2 Å². The van der Waals surface area contributed by atoms with Gasteiger partial charge < -0.3 is 14.6 Å². The van der Waals surface area contributed by atoms with Crippen molar-refractivity contribution in [2.75, 3.05) is 26.2 Å². The van der Waals surface area contributed by atoms with Gasteiger partial charge in [-0.1, -0.05) is 6.92 Å². The molecular formula is C14H24N2O. The first-order valence-electron chi connectivity index (χ1n) is 6.78. The molecule has 1 unspecified atom stereocenters. The molecule has 0 saturated carbocycles. The summed E-state index contributed by atoms with van der Waals surface area (Å²) in [5, 5.41) is 3.58. The fourth-order valence-corrected chi connectivity index (χ4v) is 2.49. The van der Waals surface area contributed by atoms with Crippen LogP contribution in [0.25, 0.3) is 0 Å². The van der Waals surface area contributed by atoms with Gasteiger partial charge in [0.05, 0.1) is 12.3 Å². The molecule has 1 aliphatic rings. The summed E-state index contributed by atoms with van der Waals surface area (Å²) in [5.74, 6) is 1.87. The lowest BCUT2D eigenvalue weighted by molar-refractivity contribution is 0.187. The van der Waals surface area contributed by atoms with Gasteiger partial charge in [0.15, 0.2) is 0 Å². The molecule has 0 radical (unpaired) electrons. The lowest BCUT2D eigenvalue weighted by Crippen LogP contribution is -2.37. The van der Waals surface area contributed by atoms with E-state index in [-0.39, 0.29) is 0 Å². The molecule has 1 fully saturated rings. The Labute approximate surface area is 104 Å². The van der Waals surface area contributed by atoms with Gasteiger partial charge in [-0.2, -0.15) is 0 Å². The van der Waals surface area contributed by atoms with Crippen molar-refractivity contribution in [3.63, 3.8) is 0 Å². The quantitative estimate of drug-likeness (QED) is 0.852. The minimum Gasteiger partial charge on any atom is -0.468 e. The van der Waals surface area contributed by atoms with E-state index < -0.39 is 0 Å². The van der Waals surface area contributed by atoms with Gasteiger partial charge in [-0.25, -0.2) is 0 Å². The molecule has 1 aromatic heterocycles. The first-order chi connectivity index (χ1) is 8.29. The Kier molecular flexibility index (Phi) is 4.63. The van der Waals surface area contributed by atoms with Crippen LogP contribution in [-0.4, -0.2) is 31.1 Å². The fourth-order valence-electron chi connectivity index (χ4n) is 2.49. The van der Waals surface area contributed by atoms with Crippen molar-refractivity contribution in [3.8, 4) is 0 Å². The minimum absolute atomic E-state index is 0.328. The Morgan fingerprint density at radius 2 is 2.24 bits per heavy atom. The second kappa shape index (κ2) is 6.22. The summed E-state index contributed by atoms with van der Waals surface area (Å²) >= 11 is 0. The second-order valence-corrected chi connectivity index (χ2v) is 5.02. The largest absolute Gasteiger partial charge is 0.468 e. The zero-order valence-electron chi connectivity index (χ0n) is 11.0. The number of piperidine rings is 1. The van der Waals surface area contributed by atoms with Crippen molar-refractivity contribution in [3.05, 3.63) is 24.2 Å². The van der Waals surface area contributed by atoms with Crippen molar-refractivity contribution in [2.24, 2.45) is 5.92 Å². The van der Waals surface area contributed by atoms with Gasteiger partial charge in [-0.05, 0) is 64.0 Å². The van der Waals surface area contributed by atoms with Crippen molar-refractivity contribution in [2.45, 2.75) is 32.7 Å². The molecule has 0 aliphatic carbocycles. The molecule has 1 N–H and O–H groups in total. The maximum absolute atomic E-state index is 5.40. The summed E-state index contributed by atoms with van der Waals surface area (Å²) in [5.41, 5.74) is 0. The van der Waals surface area contributed by atoms with Crippen LogP contribution in [0.2, 0.25) is 0 Å². The van der Waals surface area contributed by atoms with Crippen molar-refractivity contribution in [1.82, 2.24) is 10.2 Å². The molecule has 2 heterocycles. The molecule has 17 heavy (non-hydrogen) atoms. The van der Waals surface area contributed by atoms with Crippen LogP contribution >= 0.6 is 0 Å². The zero-order chi connectivity index (χ0) is 12.1. The average molecular weight is 236 g/mol. The maximum Gasteiger partial charge on any atom is 0.120 e. The predicted octanol–water partition coefficient (Wildman–Crippen LogP) is 2.66. The molecule has 1 saturated heterocycles. The van der Waals surface area contributed by atoms with Crippen LogP contribution in [0.4, 0.5) is 0 Å². The predicted molar refractivity (Wildman–Crippen MR) is 70.0 cm³/mol. The highest BCUT2D eigenvalue weighted by Crippen LogP contribution is 2.18. The lowest BCUT2D eigenvalue weighted by Gasteiger charge is -2.31. The SMILES string of the molecule is CCN1CCC(CNC(C)c2ccco2)CC1. The average Bonchev–Trinajstić information content (AvgIpc) is 2.90. The van der Waals surface area contributed by atoms with E-state index in [4.69, 9.17) is 4.42 Å². The third kappa shape index (κ3) is 3.58. The first-order valence-corrected chi connectivity index (χ1v) is 6.78. The van der Waals surface area contributed by atoms with Crippen LogP contribution in [0.1, 0.15) is 38.5 Å². The Hall–Kier alpha value is -0.800. The van der Waals surface area contributed by atoms with Gasteiger partial charge in [-0.3, -0.25) is 0 Å². The molecule has 3 heteroatoms. The maximum atomic E-state index is 5.40. The van der Waals surface area contributed by atoms with E-state index >= 15 is 0 Å². The Balaban J connectivity index is 1.69. The summed E-state index contributed by atoms with van der Waals surface area (Å²) < 4.78 is 5.40. The number of likely N-dealkylation sites (tertiary alicyclic amines) is 1. The molecule has 3 nitrogen and oxygen atoms in total. The van der Waals surface area contributed by atoms with Gasteiger partial charge in [-0.15, -0.1) is 0 Å². The smallest absolute Gasteiger partial charge is 0.120 e. The molecule has 96 valence electrons. The van der Waals surface area contributed by atoms with Crippen LogP contribution in [-0.2, 0) is 0 Å². The van der Waals surface area contributed by atoms with Gasteiger partial charge in [0.2, 0.25) is 0 Å². The molecule has 0 spiro atoms. The molecular weight excluding hydrogens is 212 g/mol. The number of furan rings is 1.